The average Bonchev–Trinajstić information content (AvgIpc) is 4.12. The summed E-state index contributed by atoms with van der Waals surface area (Å²) in [5, 5.41) is 14.6. The highest BCUT2D eigenvalue weighted by molar-refractivity contribution is 7.90. The lowest BCUT2D eigenvalue weighted by Gasteiger charge is -2.58. The molecule has 1 atom stereocenters. The fraction of sp³-hybridized carbons (Fsp3) is 0.431. The number of carbonyl (C=O) groups excluding carboxylic acids is 1. The van der Waals surface area contributed by atoms with E-state index in [2.05, 4.69) is 90.0 Å². The number of nitrogen functional groups attached to an aromatic ring is 1. The third-order valence-corrected chi connectivity index (χ3v) is 18.2. The number of aromatic nitrogens is 4. The first-order valence-electron chi connectivity index (χ1n) is 26.7. The number of hydrogen-bond donors (Lipinski definition) is 6. The van der Waals surface area contributed by atoms with Crippen molar-refractivity contribution in [3.05, 3.63) is 126 Å². The number of anilines is 3. The van der Waals surface area contributed by atoms with E-state index < -0.39 is 27.3 Å². The number of benzene rings is 4. The Hall–Kier alpha value is -6.73. The Morgan fingerprint density at radius 2 is 1.71 bits per heavy atom. The molecule has 3 aromatic heterocycles. The molecule has 7 N–H and O–H groups in total. The van der Waals surface area contributed by atoms with Crippen molar-refractivity contribution in [2.75, 3.05) is 62.3 Å². The van der Waals surface area contributed by atoms with Gasteiger partial charge >= 0.3 is 0 Å². The van der Waals surface area contributed by atoms with Crippen molar-refractivity contribution >= 4 is 55.1 Å². The number of imidazole rings is 1. The first-order chi connectivity index (χ1) is 36.5. The molecule has 4 fully saturated rings. The molecule has 2 aliphatic carbocycles. The average molecular weight is 1050 g/mol. The van der Waals surface area contributed by atoms with E-state index >= 15 is 4.39 Å². The summed E-state index contributed by atoms with van der Waals surface area (Å²) >= 11 is 0. The van der Waals surface area contributed by atoms with Gasteiger partial charge in [0.2, 0.25) is 0 Å². The fourth-order valence-corrected chi connectivity index (χ4v) is 13.6. The number of aliphatic hydroxyl groups is 1. The zero-order valence-corrected chi connectivity index (χ0v) is 44.6. The molecule has 76 heavy (non-hydrogen) atoms. The molecule has 2 saturated carbocycles. The lowest BCUT2D eigenvalue weighted by atomic mass is 9.59. The smallest absolute Gasteiger partial charge is 0.268 e. The van der Waals surface area contributed by atoms with Gasteiger partial charge in [0.15, 0.2) is 0 Å². The molecule has 7 aromatic rings. The minimum atomic E-state index is -4.64. The van der Waals surface area contributed by atoms with Crippen LogP contribution < -0.4 is 30.1 Å². The third kappa shape index (κ3) is 10.4. The molecule has 0 bridgehead atoms. The van der Waals surface area contributed by atoms with Crippen molar-refractivity contribution in [1.29, 1.82) is 0 Å². The number of piperazine rings is 1. The summed E-state index contributed by atoms with van der Waals surface area (Å²) in [4.78, 5) is 36.2. The van der Waals surface area contributed by atoms with E-state index in [4.69, 9.17) is 15.2 Å². The number of hydrogen-bond acceptors (Lipinski definition) is 13. The molecule has 2 saturated heterocycles. The number of sulfonamides is 1. The number of H-pyrrole nitrogens is 2. The fourth-order valence-electron chi connectivity index (χ4n) is 12.5. The summed E-state index contributed by atoms with van der Waals surface area (Å²) in [5.74, 6) is 0.0212. The number of methoxy groups -OCH3 is 1. The molecule has 4 aliphatic rings. The lowest BCUT2D eigenvalue weighted by Crippen LogP contribution is -2.60. The number of fused-ring (bicyclic) bond motifs is 2. The van der Waals surface area contributed by atoms with E-state index in [0.717, 1.165) is 81.9 Å². The van der Waals surface area contributed by atoms with Gasteiger partial charge < -0.3 is 40.5 Å². The van der Waals surface area contributed by atoms with Gasteiger partial charge in [0.1, 0.15) is 39.1 Å². The summed E-state index contributed by atoms with van der Waals surface area (Å²) in [6.45, 7) is 11.9. The zero-order chi connectivity index (χ0) is 52.9. The van der Waals surface area contributed by atoms with E-state index in [1.54, 1.807) is 19.4 Å². The maximum Gasteiger partial charge on any atom is 0.268 e. The van der Waals surface area contributed by atoms with Crippen LogP contribution in [0.5, 0.6) is 17.2 Å². The molecule has 5 heterocycles. The van der Waals surface area contributed by atoms with Gasteiger partial charge in [0, 0.05) is 75.5 Å². The van der Waals surface area contributed by atoms with E-state index in [0.29, 0.717) is 61.3 Å². The van der Waals surface area contributed by atoms with Gasteiger partial charge in [-0.3, -0.25) is 14.6 Å². The summed E-state index contributed by atoms with van der Waals surface area (Å²) in [6.07, 6.45) is 11.5. The molecule has 16 nitrogen and oxygen atoms in total. The topological polar surface area (TPSA) is 207 Å². The van der Waals surface area contributed by atoms with Crippen molar-refractivity contribution in [3.63, 3.8) is 0 Å². The predicted octanol–water partition coefficient (Wildman–Crippen LogP) is 9.86. The number of carbonyl (C=O) groups is 1. The van der Waals surface area contributed by atoms with Crippen molar-refractivity contribution in [3.8, 4) is 17.2 Å². The van der Waals surface area contributed by atoms with Crippen molar-refractivity contribution in [2.24, 2.45) is 11.3 Å². The Labute approximate surface area is 443 Å². The normalized spacial score (nSPS) is 21.5. The molecule has 0 radical (unpaired) electrons. The number of amides is 1. The third-order valence-electron chi connectivity index (χ3n) is 16.9. The Balaban J connectivity index is 0.804. The number of nitrogens with two attached hydrogens (primary N) is 1. The van der Waals surface area contributed by atoms with Gasteiger partial charge in [-0.2, -0.15) is 0 Å². The first kappa shape index (κ1) is 51.4. The lowest BCUT2D eigenvalue weighted by molar-refractivity contribution is -0.0628. The number of rotatable bonds is 15. The highest BCUT2D eigenvalue weighted by Gasteiger charge is 2.50. The van der Waals surface area contributed by atoms with Crippen LogP contribution in [0.4, 0.5) is 21.5 Å². The zero-order valence-electron chi connectivity index (χ0n) is 43.7. The molecular formula is C58H69FN10O6S. The van der Waals surface area contributed by atoms with E-state index in [1.807, 2.05) is 30.0 Å². The second-order valence-corrected chi connectivity index (χ2v) is 24.0. The number of pyridine rings is 1. The maximum atomic E-state index is 16.7. The highest BCUT2D eigenvalue weighted by Crippen LogP contribution is 2.54. The van der Waals surface area contributed by atoms with Gasteiger partial charge in [-0.15, -0.1) is 0 Å². The second-order valence-electron chi connectivity index (χ2n) is 22.4. The molecule has 11 rings (SSSR count). The SMILES string of the molecule is COc1ccc(CN2CCN(C3CC4(CCN(c5cc(Oc6cnc7[nH]ccc7c6)c(C(=O)NS(=O)(=O)c6cc(N)c(NC[C@H]7CC[C@](C)(O)CC7)c7[nH]cnc67)cc5F)CC4)C3)C(c3ccccc3C(C)C)C2)cc1. The maximum absolute atomic E-state index is 16.7. The molecule has 400 valence electrons. The number of aromatic amines is 2. The second kappa shape index (κ2) is 20.7. The summed E-state index contributed by atoms with van der Waals surface area (Å²) in [6, 6.07) is 25.4. The Bertz CT molecular complexity index is 3350. The standard InChI is InChI=1S/C58H69FN10O6S/c1-36(2)43-7-5-6-8-44(43)49-34-67(33-38-9-11-41(74-4)12-10-38)23-24-69(49)40-29-58(30-40)18-21-68(22-19-58)48-28-50(75-42-25-39-15-20-61-55(39)63-32-42)45(26-46(48)59)56(70)66-76(72,73)51-27-47(60)52(54-53(51)64-35-65-54)62-31-37-13-16-57(3,71)17-14-37/h5-12,15,20,25-28,32,35-37,40,49,62,71H,13-14,16-19,21-24,29-31,33-34,60H2,1-4H3,(H,61,63)(H,64,65)(H,66,70)/t37-,49?,57-. The van der Waals surface area contributed by atoms with Crippen LogP contribution in [0.3, 0.4) is 0 Å². The molecule has 18 heteroatoms. The largest absolute Gasteiger partial charge is 0.497 e. The van der Waals surface area contributed by atoms with Gasteiger partial charge in [0.05, 0.1) is 53.4 Å². The number of nitrogens with zero attached hydrogens (tertiary/aromatic N) is 5. The number of halogens is 1. The van der Waals surface area contributed by atoms with Crippen molar-refractivity contribution in [2.45, 2.75) is 107 Å². The minimum Gasteiger partial charge on any atom is -0.497 e. The van der Waals surface area contributed by atoms with Gasteiger partial charge in [-0.1, -0.05) is 50.2 Å². The number of piperidine rings is 1. The summed E-state index contributed by atoms with van der Waals surface area (Å²) < 4.78 is 59.2. The summed E-state index contributed by atoms with van der Waals surface area (Å²) in [5.41, 5.74) is 11.7. The van der Waals surface area contributed by atoms with Crippen LogP contribution >= 0.6 is 0 Å². The Kier molecular flexibility index (Phi) is 14.0. The van der Waals surface area contributed by atoms with Gasteiger partial charge in [-0.25, -0.2) is 27.5 Å². The van der Waals surface area contributed by atoms with E-state index in [-0.39, 0.29) is 56.2 Å². The molecule has 1 amide bonds. The molecule has 4 aromatic carbocycles. The van der Waals surface area contributed by atoms with Gasteiger partial charge in [0.25, 0.3) is 15.9 Å². The number of ether oxygens (including phenoxy) is 2. The van der Waals surface area contributed by atoms with E-state index in [1.165, 1.54) is 41.3 Å². The molecule has 1 unspecified atom stereocenters. The van der Waals surface area contributed by atoms with Crippen LogP contribution in [0.2, 0.25) is 0 Å². The molecular weight excluding hydrogens is 984 g/mol. The Morgan fingerprint density at radius 1 is 0.947 bits per heavy atom. The van der Waals surface area contributed by atoms with Crippen LogP contribution in [0.15, 0.2) is 102 Å². The van der Waals surface area contributed by atoms with Crippen LogP contribution in [0.1, 0.15) is 111 Å². The highest BCUT2D eigenvalue weighted by atomic mass is 32.2. The molecule has 1 spiro atoms. The number of nitrogens with one attached hydrogen (secondary N) is 4. The quantitative estimate of drug-likeness (QED) is 0.0530. The minimum absolute atomic E-state index is 0.0307. The van der Waals surface area contributed by atoms with Crippen LogP contribution in [0, 0.1) is 17.2 Å². The molecule has 2 aliphatic heterocycles. The first-order valence-corrected chi connectivity index (χ1v) is 28.2. The summed E-state index contributed by atoms with van der Waals surface area (Å²) in [7, 11) is -2.95. The van der Waals surface area contributed by atoms with Gasteiger partial charge in [-0.05, 0) is 129 Å². The van der Waals surface area contributed by atoms with Crippen molar-refractivity contribution in [1.82, 2.24) is 34.5 Å². The van der Waals surface area contributed by atoms with Crippen LogP contribution in [0.25, 0.3) is 22.1 Å². The van der Waals surface area contributed by atoms with Crippen LogP contribution in [-0.2, 0) is 16.6 Å². The monoisotopic (exact) mass is 1050 g/mol. The predicted molar refractivity (Wildman–Crippen MR) is 294 cm³/mol. The van der Waals surface area contributed by atoms with Crippen LogP contribution in [-0.4, -0.2) is 107 Å². The van der Waals surface area contributed by atoms with E-state index in [9.17, 15) is 18.3 Å². The van der Waals surface area contributed by atoms with Crippen molar-refractivity contribution < 1.29 is 32.2 Å². The Morgan fingerprint density at radius 3 is 2.46 bits per heavy atom.